The third kappa shape index (κ3) is 8.49. The molecule has 3 saturated heterocycles. The molecule has 17 nitrogen and oxygen atoms in total. The lowest BCUT2D eigenvalue weighted by Crippen LogP contribution is -2.64. The Labute approximate surface area is 376 Å². The van der Waals surface area contributed by atoms with E-state index >= 15 is 0 Å². The molecule has 5 aliphatic carbocycles. The smallest absolute Gasteiger partial charge is 0.187 e. The lowest BCUT2D eigenvalue weighted by atomic mass is 9.46. The van der Waals surface area contributed by atoms with Crippen molar-refractivity contribution in [3.63, 3.8) is 0 Å². The normalized spacial score (nSPS) is 54.9. The van der Waals surface area contributed by atoms with Gasteiger partial charge < -0.3 is 84.6 Å². The number of hydrogen-bond acceptors (Lipinski definition) is 17. The second-order valence-electron chi connectivity index (χ2n) is 22.1. The number of hydrogen-bond donors (Lipinski definition) is 11. The van der Waals surface area contributed by atoms with Gasteiger partial charge in [-0.2, -0.15) is 0 Å². The fraction of sp³-hybridized carbons (Fsp3) is 0.957. The van der Waals surface area contributed by atoms with Crippen LogP contribution in [0.3, 0.4) is 0 Å². The molecule has 0 aromatic carbocycles. The fourth-order valence-electron chi connectivity index (χ4n) is 14.5. The van der Waals surface area contributed by atoms with Crippen LogP contribution in [0.4, 0.5) is 0 Å². The van der Waals surface area contributed by atoms with E-state index in [9.17, 15) is 56.2 Å². The number of allylic oxidation sites excluding steroid dienone is 1. The lowest BCUT2D eigenvalue weighted by molar-refractivity contribution is -0.369. The number of aliphatic hydroxyl groups excluding tert-OH is 10. The van der Waals surface area contributed by atoms with Crippen molar-refractivity contribution in [2.45, 2.75) is 203 Å². The van der Waals surface area contributed by atoms with Crippen molar-refractivity contribution < 1.29 is 84.6 Å². The Bertz CT molecular complexity index is 1640. The first-order chi connectivity index (χ1) is 30.2. The van der Waals surface area contributed by atoms with Gasteiger partial charge in [-0.1, -0.05) is 46.3 Å². The van der Waals surface area contributed by atoms with Crippen molar-refractivity contribution in [3.05, 3.63) is 11.6 Å². The van der Waals surface area contributed by atoms with Gasteiger partial charge in [0.15, 0.2) is 18.9 Å². The van der Waals surface area contributed by atoms with E-state index in [1.54, 1.807) is 0 Å². The van der Waals surface area contributed by atoms with Gasteiger partial charge in [-0.15, -0.1) is 0 Å². The van der Waals surface area contributed by atoms with E-state index in [0.717, 1.165) is 38.5 Å². The molecule has 0 aromatic rings. The van der Waals surface area contributed by atoms with Crippen molar-refractivity contribution in [1.29, 1.82) is 0 Å². The van der Waals surface area contributed by atoms with Crippen LogP contribution in [-0.2, 0) is 28.4 Å². The van der Waals surface area contributed by atoms with E-state index < -0.39 is 111 Å². The summed E-state index contributed by atoms with van der Waals surface area (Å²) in [5.41, 5.74) is 0.585. The topological polar surface area (TPSA) is 278 Å². The summed E-state index contributed by atoms with van der Waals surface area (Å²) in [5.74, 6) is 2.56. The van der Waals surface area contributed by atoms with Gasteiger partial charge in [0.1, 0.15) is 67.1 Å². The lowest BCUT2D eigenvalue weighted by Gasteiger charge is -2.59. The summed E-state index contributed by atoms with van der Waals surface area (Å²) in [6, 6.07) is 0. The van der Waals surface area contributed by atoms with Gasteiger partial charge in [0.2, 0.25) is 0 Å². The van der Waals surface area contributed by atoms with Crippen LogP contribution >= 0.6 is 0 Å². The molecule has 17 heteroatoms. The van der Waals surface area contributed by atoms with Crippen LogP contribution in [0.2, 0.25) is 0 Å². The highest BCUT2D eigenvalue weighted by Gasteiger charge is 2.67. The van der Waals surface area contributed by atoms with E-state index in [-0.39, 0.29) is 41.3 Å². The highest BCUT2D eigenvalue weighted by molar-refractivity contribution is 5.26. The number of rotatable bonds is 12. The number of fused-ring (bicyclic) bond motifs is 7. The van der Waals surface area contributed by atoms with E-state index in [4.69, 9.17) is 28.4 Å². The molecule has 64 heavy (non-hydrogen) atoms. The molecular weight excluding hydrogens is 836 g/mol. The molecule has 8 aliphatic rings. The predicted octanol–water partition coefficient (Wildman–Crippen LogP) is 0.0781. The van der Waals surface area contributed by atoms with Gasteiger partial charge in [-0.3, -0.25) is 0 Å². The second-order valence-corrected chi connectivity index (χ2v) is 22.1. The molecule has 0 aromatic heterocycles. The maximum absolute atomic E-state index is 12.4. The molecule has 3 unspecified atom stereocenters. The summed E-state index contributed by atoms with van der Waals surface area (Å²) < 4.78 is 35.6. The molecular formula is C47H78O17. The zero-order valence-electron chi connectivity index (χ0n) is 38.3. The molecule has 3 heterocycles. The summed E-state index contributed by atoms with van der Waals surface area (Å²) in [5, 5.41) is 116. The minimum Gasteiger partial charge on any atom is -0.394 e. The van der Waals surface area contributed by atoms with E-state index in [1.165, 1.54) is 12.5 Å². The summed E-state index contributed by atoms with van der Waals surface area (Å²) >= 11 is 0. The van der Waals surface area contributed by atoms with Gasteiger partial charge >= 0.3 is 0 Å². The third-order valence-electron chi connectivity index (χ3n) is 18.6. The Hall–Kier alpha value is -0.940. The molecule has 368 valence electrons. The Kier molecular flexibility index (Phi) is 14.5. The van der Waals surface area contributed by atoms with Crippen molar-refractivity contribution in [2.24, 2.45) is 58.2 Å². The Morgan fingerprint density at radius 1 is 0.719 bits per heavy atom. The highest BCUT2D eigenvalue weighted by atomic mass is 16.8. The van der Waals surface area contributed by atoms with Crippen LogP contribution in [0, 0.1) is 58.2 Å². The fourth-order valence-corrected chi connectivity index (χ4v) is 14.5. The first-order valence-corrected chi connectivity index (χ1v) is 24.1. The molecule has 11 N–H and O–H groups in total. The third-order valence-corrected chi connectivity index (χ3v) is 18.6. The quantitative estimate of drug-likeness (QED) is 0.116. The van der Waals surface area contributed by atoms with Gasteiger partial charge in [0.25, 0.3) is 0 Å². The van der Waals surface area contributed by atoms with Crippen LogP contribution in [-0.4, -0.2) is 180 Å². The van der Waals surface area contributed by atoms with Gasteiger partial charge in [-0.05, 0) is 123 Å². The molecule has 0 bridgehead atoms. The monoisotopic (exact) mass is 915 g/mol. The Morgan fingerprint density at radius 2 is 1.36 bits per heavy atom. The standard InChI is InChI=1S/C47H78O17/c1-20(21(2)19-59-42-39(56)37(54)34(51)30(17-48)62-42)15-47(58)16-24-13-29-27-8-7-25-14-26(9-11-45(25,5)28(27)10-12-46(29,6)32(24)22(47)3)61-44-41(38(55)35(52)31(18-49)63-44)64-43-40(57)36(53)33(50)23(4)60-43/h7,20-24,26-44,48-58H,8-19H2,1-6H3/t20?,21?,22-,23-,24+,26-,27+,28-,29-,30+,31+,32-,33-,34+,35+,36+,37+,38-,39+,40+,41+,42+,43-,44+,45-,46-,47?/m0/s1. The molecule has 0 radical (unpaired) electrons. The number of ether oxygens (including phenoxy) is 6. The van der Waals surface area contributed by atoms with Crippen molar-refractivity contribution in [2.75, 3.05) is 19.8 Å². The maximum atomic E-state index is 12.4. The zero-order chi connectivity index (χ0) is 46.4. The summed E-state index contributed by atoms with van der Waals surface area (Å²) in [7, 11) is 0. The maximum Gasteiger partial charge on any atom is 0.187 e. The van der Waals surface area contributed by atoms with E-state index in [1.807, 2.05) is 6.92 Å². The molecule has 0 spiro atoms. The average Bonchev–Trinajstić information content (AvgIpc) is 3.70. The summed E-state index contributed by atoms with van der Waals surface area (Å²) in [6.45, 7) is 11.9. The van der Waals surface area contributed by atoms with Crippen LogP contribution in [0.15, 0.2) is 11.6 Å². The number of aliphatic hydroxyl groups is 11. The van der Waals surface area contributed by atoms with Crippen LogP contribution in [0.25, 0.3) is 0 Å². The van der Waals surface area contributed by atoms with Crippen molar-refractivity contribution in [1.82, 2.24) is 0 Å². The van der Waals surface area contributed by atoms with Crippen LogP contribution < -0.4 is 0 Å². The van der Waals surface area contributed by atoms with E-state index in [0.29, 0.717) is 48.9 Å². The first kappa shape index (κ1) is 49.5. The second kappa shape index (κ2) is 18.8. The molecule has 3 aliphatic heterocycles. The zero-order valence-corrected chi connectivity index (χ0v) is 38.3. The SMILES string of the molecule is CC(CO[C@@H]1O[C@H](CO)[C@@H](O)[C@@H](O)[C@H]1O)C(C)CC1(O)C[C@H]2C[C@H]3[C@@H]4CC=C5C[C@@H](O[C@@H]6O[C@H](CO)[C@@H](O)[C@H](O)[C@H]6O[C@@H]6O[C@@H](C)[C@H](O)[C@@H](O)[C@H]6O)CC[C@]5(C)[C@H]4CC[C@]3(C)[C@H]2[C@@H]1C. The van der Waals surface area contributed by atoms with Crippen molar-refractivity contribution in [3.8, 4) is 0 Å². The molecule has 27 atom stereocenters. The minimum absolute atomic E-state index is 0.00546. The van der Waals surface area contributed by atoms with Crippen molar-refractivity contribution >= 4 is 0 Å². The summed E-state index contributed by atoms with van der Waals surface area (Å²) in [4.78, 5) is 0. The molecule has 0 amide bonds. The predicted molar refractivity (Wildman–Crippen MR) is 225 cm³/mol. The minimum atomic E-state index is -1.64. The Morgan fingerprint density at radius 3 is 2.05 bits per heavy atom. The van der Waals surface area contributed by atoms with E-state index in [2.05, 4.69) is 33.8 Å². The van der Waals surface area contributed by atoms with Crippen LogP contribution in [0.1, 0.15) is 99.3 Å². The van der Waals surface area contributed by atoms with Gasteiger partial charge in [0, 0.05) is 0 Å². The van der Waals surface area contributed by atoms with Crippen LogP contribution in [0.5, 0.6) is 0 Å². The molecule has 7 fully saturated rings. The summed E-state index contributed by atoms with van der Waals surface area (Å²) in [6.07, 6.45) is -10.4. The first-order valence-electron chi connectivity index (χ1n) is 24.1. The van der Waals surface area contributed by atoms with Gasteiger partial charge in [-0.25, -0.2) is 0 Å². The van der Waals surface area contributed by atoms with Gasteiger partial charge in [0.05, 0.1) is 37.6 Å². The highest BCUT2D eigenvalue weighted by Crippen LogP contribution is 2.72. The Balaban J connectivity index is 0.895. The average molecular weight is 915 g/mol. The molecule has 8 rings (SSSR count). The molecule has 4 saturated carbocycles. The largest absolute Gasteiger partial charge is 0.394 e.